The van der Waals surface area contributed by atoms with Crippen LogP contribution in [0.4, 0.5) is 14.5 Å². The van der Waals surface area contributed by atoms with Crippen LogP contribution in [0.2, 0.25) is 0 Å². The summed E-state index contributed by atoms with van der Waals surface area (Å²) in [7, 11) is 0. The highest BCUT2D eigenvalue weighted by Gasteiger charge is 2.16. The van der Waals surface area contributed by atoms with Crippen LogP contribution in [0.3, 0.4) is 0 Å². The SMILES string of the molecule is CSc1ncc(C#N)c(-c2nccn2Nc2c(F)cccc2F)n1. The van der Waals surface area contributed by atoms with E-state index >= 15 is 0 Å². The molecule has 3 rings (SSSR count). The van der Waals surface area contributed by atoms with Crippen molar-refractivity contribution in [1.82, 2.24) is 19.6 Å². The number of hydrogen-bond donors (Lipinski definition) is 1. The Morgan fingerprint density at radius 1 is 1.25 bits per heavy atom. The van der Waals surface area contributed by atoms with E-state index in [2.05, 4.69) is 20.4 Å². The molecule has 0 amide bonds. The summed E-state index contributed by atoms with van der Waals surface area (Å²) >= 11 is 1.31. The molecule has 0 saturated heterocycles. The van der Waals surface area contributed by atoms with Crippen LogP contribution in [0, 0.1) is 23.0 Å². The van der Waals surface area contributed by atoms with Gasteiger partial charge in [-0.3, -0.25) is 5.43 Å². The van der Waals surface area contributed by atoms with Crippen LogP contribution in [0.5, 0.6) is 0 Å². The standard InChI is InChI=1S/C15H10F2N6S/c1-24-15-20-8-9(7-18)12(21-15)14-19-5-6-23(14)22-13-10(16)3-2-4-11(13)17/h2-6,8,22H,1H3. The molecule has 24 heavy (non-hydrogen) atoms. The Kier molecular flexibility index (Phi) is 4.39. The minimum absolute atomic E-state index is 0.205. The third-order valence-corrected chi connectivity index (χ3v) is 3.68. The zero-order valence-electron chi connectivity index (χ0n) is 12.4. The molecule has 120 valence electrons. The van der Waals surface area contributed by atoms with Crippen LogP contribution in [-0.4, -0.2) is 25.9 Å². The summed E-state index contributed by atoms with van der Waals surface area (Å²) in [6.45, 7) is 0. The summed E-state index contributed by atoms with van der Waals surface area (Å²) in [6.07, 6.45) is 6.09. The fourth-order valence-corrected chi connectivity index (χ4v) is 2.35. The van der Waals surface area contributed by atoms with Crippen molar-refractivity contribution in [1.29, 1.82) is 5.26 Å². The van der Waals surface area contributed by atoms with Crippen molar-refractivity contribution in [3.05, 3.63) is 54.0 Å². The van der Waals surface area contributed by atoms with E-state index in [0.29, 0.717) is 5.16 Å². The molecule has 0 fully saturated rings. The van der Waals surface area contributed by atoms with Gasteiger partial charge in [-0.25, -0.2) is 28.4 Å². The Morgan fingerprint density at radius 3 is 2.67 bits per heavy atom. The first kappa shape index (κ1) is 15.9. The van der Waals surface area contributed by atoms with Gasteiger partial charge in [0.2, 0.25) is 0 Å². The number of nitrogens with zero attached hydrogens (tertiary/aromatic N) is 5. The number of halogens is 2. The topological polar surface area (TPSA) is 79.4 Å². The van der Waals surface area contributed by atoms with Crippen molar-refractivity contribution in [3.8, 4) is 17.6 Å². The fraction of sp³-hybridized carbons (Fsp3) is 0.0667. The first-order valence-corrected chi connectivity index (χ1v) is 7.92. The molecule has 0 aliphatic rings. The van der Waals surface area contributed by atoms with Crippen LogP contribution in [0.25, 0.3) is 11.5 Å². The van der Waals surface area contributed by atoms with Gasteiger partial charge in [0.25, 0.3) is 0 Å². The predicted octanol–water partition coefficient (Wildman–Crippen LogP) is 3.09. The monoisotopic (exact) mass is 344 g/mol. The van der Waals surface area contributed by atoms with E-state index in [9.17, 15) is 14.0 Å². The summed E-state index contributed by atoms with van der Waals surface area (Å²) in [6, 6.07) is 5.53. The van der Waals surface area contributed by atoms with Gasteiger partial charge in [0, 0.05) is 12.4 Å². The molecule has 0 radical (unpaired) electrons. The molecule has 1 N–H and O–H groups in total. The number of benzene rings is 1. The van der Waals surface area contributed by atoms with E-state index in [1.54, 1.807) is 6.26 Å². The molecule has 0 spiro atoms. The number of rotatable bonds is 4. The summed E-state index contributed by atoms with van der Waals surface area (Å²) in [5.41, 5.74) is 2.75. The maximum absolute atomic E-state index is 13.8. The molecular formula is C15H10F2N6S. The minimum Gasteiger partial charge on any atom is -0.287 e. The predicted molar refractivity (Wildman–Crippen MR) is 85.1 cm³/mol. The van der Waals surface area contributed by atoms with Gasteiger partial charge >= 0.3 is 0 Å². The smallest absolute Gasteiger partial charge is 0.187 e. The number of nitriles is 1. The van der Waals surface area contributed by atoms with Gasteiger partial charge < -0.3 is 0 Å². The second-order valence-electron chi connectivity index (χ2n) is 4.56. The van der Waals surface area contributed by atoms with Gasteiger partial charge in [-0.1, -0.05) is 17.8 Å². The first-order valence-electron chi connectivity index (χ1n) is 6.70. The summed E-state index contributed by atoms with van der Waals surface area (Å²) in [5.74, 6) is -1.25. The number of aromatic nitrogens is 4. The highest BCUT2D eigenvalue weighted by molar-refractivity contribution is 7.98. The Bertz CT molecular complexity index is 914. The van der Waals surface area contributed by atoms with E-state index in [4.69, 9.17) is 0 Å². The summed E-state index contributed by atoms with van der Waals surface area (Å²) in [4.78, 5) is 12.4. The lowest BCUT2D eigenvalue weighted by Crippen LogP contribution is -2.13. The number of hydrogen-bond acceptors (Lipinski definition) is 6. The highest BCUT2D eigenvalue weighted by Crippen LogP contribution is 2.24. The van der Waals surface area contributed by atoms with Crippen molar-refractivity contribution in [2.75, 3.05) is 11.7 Å². The third kappa shape index (κ3) is 2.91. The van der Waals surface area contributed by atoms with Crippen molar-refractivity contribution in [2.45, 2.75) is 5.16 Å². The lowest BCUT2D eigenvalue weighted by atomic mass is 10.2. The average Bonchev–Trinajstić information content (AvgIpc) is 3.05. The number of nitrogens with one attached hydrogen (secondary N) is 1. The van der Waals surface area contributed by atoms with Crippen molar-refractivity contribution >= 4 is 17.4 Å². The maximum atomic E-state index is 13.8. The minimum atomic E-state index is -0.748. The molecule has 6 nitrogen and oxygen atoms in total. The lowest BCUT2D eigenvalue weighted by molar-refractivity contribution is 0.585. The molecule has 0 atom stereocenters. The third-order valence-electron chi connectivity index (χ3n) is 3.12. The van der Waals surface area contributed by atoms with Crippen LogP contribution in [-0.2, 0) is 0 Å². The molecule has 1 aromatic carbocycles. The second-order valence-corrected chi connectivity index (χ2v) is 5.33. The summed E-state index contributed by atoms with van der Waals surface area (Å²) < 4.78 is 28.9. The molecule has 3 aromatic rings. The second kappa shape index (κ2) is 6.64. The number of imidazole rings is 1. The zero-order valence-corrected chi connectivity index (χ0v) is 13.2. The van der Waals surface area contributed by atoms with Gasteiger partial charge in [0.15, 0.2) is 22.6 Å². The quantitative estimate of drug-likeness (QED) is 0.579. The molecular weight excluding hydrogens is 334 g/mol. The number of thioether (sulfide) groups is 1. The molecule has 0 aliphatic carbocycles. The van der Waals surface area contributed by atoms with Gasteiger partial charge in [-0.2, -0.15) is 5.26 Å². The molecule has 2 aromatic heterocycles. The molecule has 0 unspecified atom stereocenters. The first-order chi connectivity index (χ1) is 11.6. The Morgan fingerprint density at radius 2 is 2.00 bits per heavy atom. The molecule has 2 heterocycles. The highest BCUT2D eigenvalue weighted by atomic mass is 32.2. The Balaban J connectivity index is 2.08. The van der Waals surface area contributed by atoms with Crippen molar-refractivity contribution in [2.24, 2.45) is 0 Å². The normalized spacial score (nSPS) is 10.4. The van der Waals surface area contributed by atoms with Crippen LogP contribution in [0.1, 0.15) is 5.56 Å². The van der Waals surface area contributed by atoms with Crippen molar-refractivity contribution < 1.29 is 8.78 Å². The number of anilines is 1. The molecule has 9 heteroatoms. The van der Waals surface area contributed by atoms with Crippen LogP contribution in [0.15, 0.2) is 41.9 Å². The van der Waals surface area contributed by atoms with E-state index in [-0.39, 0.29) is 22.8 Å². The van der Waals surface area contributed by atoms with Crippen LogP contribution >= 0.6 is 11.8 Å². The Hall–Kier alpha value is -2.99. The van der Waals surface area contributed by atoms with Gasteiger partial charge in [-0.05, 0) is 18.4 Å². The Labute approximate surface area is 140 Å². The number of para-hydroxylation sites is 1. The van der Waals surface area contributed by atoms with Crippen LogP contribution < -0.4 is 5.43 Å². The summed E-state index contributed by atoms with van der Waals surface area (Å²) in [5, 5.41) is 9.69. The van der Waals surface area contributed by atoms with E-state index < -0.39 is 11.6 Å². The van der Waals surface area contributed by atoms with Crippen molar-refractivity contribution in [3.63, 3.8) is 0 Å². The molecule has 0 bridgehead atoms. The molecule has 0 aliphatic heterocycles. The maximum Gasteiger partial charge on any atom is 0.187 e. The fourth-order valence-electron chi connectivity index (χ4n) is 2.01. The van der Waals surface area contributed by atoms with Gasteiger partial charge in [0.1, 0.15) is 17.5 Å². The van der Waals surface area contributed by atoms with E-state index in [1.807, 2.05) is 6.07 Å². The molecule has 0 saturated carbocycles. The lowest BCUT2D eigenvalue weighted by Gasteiger charge is -2.12. The van der Waals surface area contributed by atoms with Gasteiger partial charge in [0.05, 0.1) is 11.8 Å². The zero-order chi connectivity index (χ0) is 17.1. The van der Waals surface area contributed by atoms with E-state index in [0.717, 1.165) is 12.1 Å². The van der Waals surface area contributed by atoms with Gasteiger partial charge in [-0.15, -0.1) is 0 Å². The average molecular weight is 344 g/mol. The largest absolute Gasteiger partial charge is 0.287 e. The van der Waals surface area contributed by atoms with E-state index in [1.165, 1.54) is 41.1 Å².